The van der Waals surface area contributed by atoms with Crippen LogP contribution in [-0.4, -0.2) is 5.91 Å². The van der Waals surface area contributed by atoms with Gasteiger partial charge in [0.1, 0.15) is 0 Å². The number of alkyl halides is 3. The molecule has 0 aliphatic heterocycles. The standard InChI is InChI=1S/C12H12F3NO/c13-12(14,15)9-3-1-2-8(6-9)7-11(4-5-11)10(16)17/h1-3,6H,4-5,7H2,(H2,16,17). The number of carbonyl (C=O) groups excluding carboxylic acids is 1. The van der Waals surface area contributed by atoms with Crippen molar-refractivity contribution in [2.24, 2.45) is 11.1 Å². The summed E-state index contributed by atoms with van der Waals surface area (Å²) in [5.74, 6) is -0.421. The van der Waals surface area contributed by atoms with E-state index in [2.05, 4.69) is 0 Å². The zero-order valence-electron chi connectivity index (χ0n) is 9.05. The molecule has 2 N–H and O–H groups in total. The predicted octanol–water partition coefficient (Wildman–Crippen LogP) is 2.51. The van der Waals surface area contributed by atoms with Gasteiger partial charge in [0, 0.05) is 0 Å². The van der Waals surface area contributed by atoms with Gasteiger partial charge in [-0.05, 0) is 30.9 Å². The number of halogens is 3. The summed E-state index contributed by atoms with van der Waals surface area (Å²) in [6, 6.07) is 5.06. The second kappa shape index (κ2) is 3.75. The summed E-state index contributed by atoms with van der Waals surface area (Å²) >= 11 is 0. The van der Waals surface area contributed by atoms with Gasteiger partial charge in [0.15, 0.2) is 0 Å². The van der Waals surface area contributed by atoms with Crippen LogP contribution in [0.1, 0.15) is 24.0 Å². The number of rotatable bonds is 3. The Labute approximate surface area is 96.6 Å². The van der Waals surface area contributed by atoms with Gasteiger partial charge in [0.05, 0.1) is 11.0 Å². The lowest BCUT2D eigenvalue weighted by molar-refractivity contribution is -0.137. The Balaban J connectivity index is 2.21. The molecule has 1 saturated carbocycles. The van der Waals surface area contributed by atoms with Crippen molar-refractivity contribution in [1.82, 2.24) is 0 Å². The molecular formula is C12H12F3NO. The topological polar surface area (TPSA) is 43.1 Å². The van der Waals surface area contributed by atoms with Crippen LogP contribution in [0.15, 0.2) is 24.3 Å². The van der Waals surface area contributed by atoms with E-state index in [1.165, 1.54) is 6.07 Å². The predicted molar refractivity (Wildman–Crippen MR) is 56.0 cm³/mol. The van der Waals surface area contributed by atoms with Crippen LogP contribution < -0.4 is 5.73 Å². The number of primary amides is 1. The lowest BCUT2D eigenvalue weighted by Gasteiger charge is -2.12. The summed E-state index contributed by atoms with van der Waals surface area (Å²) in [5, 5.41) is 0. The lowest BCUT2D eigenvalue weighted by atomic mass is 9.95. The normalized spacial score (nSPS) is 17.8. The molecular weight excluding hydrogens is 231 g/mol. The van der Waals surface area contributed by atoms with Crippen LogP contribution in [0.2, 0.25) is 0 Å². The molecule has 0 radical (unpaired) electrons. The number of amides is 1. The van der Waals surface area contributed by atoms with Crippen molar-refractivity contribution < 1.29 is 18.0 Å². The molecule has 1 aromatic carbocycles. The number of hydrogen-bond donors (Lipinski definition) is 1. The van der Waals surface area contributed by atoms with Crippen LogP contribution in [-0.2, 0) is 17.4 Å². The molecule has 0 saturated heterocycles. The quantitative estimate of drug-likeness (QED) is 0.870. The zero-order chi connectivity index (χ0) is 12.7. The van der Waals surface area contributed by atoms with Gasteiger partial charge in [0.2, 0.25) is 5.91 Å². The fourth-order valence-electron chi connectivity index (χ4n) is 1.91. The van der Waals surface area contributed by atoms with E-state index in [1.807, 2.05) is 0 Å². The fraction of sp³-hybridized carbons (Fsp3) is 0.417. The number of benzene rings is 1. The Morgan fingerprint density at radius 1 is 1.35 bits per heavy atom. The van der Waals surface area contributed by atoms with E-state index in [1.54, 1.807) is 6.07 Å². The number of hydrogen-bond acceptors (Lipinski definition) is 1. The summed E-state index contributed by atoms with van der Waals surface area (Å²) in [7, 11) is 0. The van der Waals surface area contributed by atoms with Gasteiger partial charge in [-0.15, -0.1) is 0 Å². The summed E-state index contributed by atoms with van der Waals surface area (Å²) in [5.41, 5.74) is 4.46. The molecule has 1 aliphatic carbocycles. The van der Waals surface area contributed by atoms with Gasteiger partial charge in [-0.3, -0.25) is 4.79 Å². The molecule has 17 heavy (non-hydrogen) atoms. The smallest absolute Gasteiger partial charge is 0.369 e. The minimum atomic E-state index is -4.35. The number of nitrogens with two attached hydrogens (primary N) is 1. The van der Waals surface area contributed by atoms with Crippen LogP contribution in [0, 0.1) is 5.41 Å². The molecule has 0 bridgehead atoms. The van der Waals surface area contributed by atoms with Crippen molar-refractivity contribution >= 4 is 5.91 Å². The van der Waals surface area contributed by atoms with E-state index in [0.717, 1.165) is 12.1 Å². The van der Waals surface area contributed by atoms with Gasteiger partial charge >= 0.3 is 6.18 Å². The van der Waals surface area contributed by atoms with Crippen molar-refractivity contribution in [3.8, 4) is 0 Å². The molecule has 0 heterocycles. The van der Waals surface area contributed by atoms with E-state index < -0.39 is 23.1 Å². The molecule has 0 aromatic heterocycles. The van der Waals surface area contributed by atoms with E-state index in [4.69, 9.17) is 5.73 Å². The molecule has 1 amide bonds. The second-order valence-electron chi connectivity index (χ2n) is 4.52. The van der Waals surface area contributed by atoms with Gasteiger partial charge in [-0.25, -0.2) is 0 Å². The van der Waals surface area contributed by atoms with E-state index in [0.29, 0.717) is 24.8 Å². The summed E-state index contributed by atoms with van der Waals surface area (Å²) in [4.78, 5) is 11.2. The molecule has 0 unspecified atom stereocenters. The Hall–Kier alpha value is -1.52. The SMILES string of the molecule is NC(=O)C1(Cc2cccc(C(F)(F)F)c2)CC1. The molecule has 0 atom stereocenters. The minimum Gasteiger partial charge on any atom is -0.369 e. The van der Waals surface area contributed by atoms with Crippen molar-refractivity contribution in [3.05, 3.63) is 35.4 Å². The molecule has 0 spiro atoms. The third kappa shape index (κ3) is 2.43. The van der Waals surface area contributed by atoms with Crippen LogP contribution in [0.3, 0.4) is 0 Å². The molecule has 1 aliphatic rings. The van der Waals surface area contributed by atoms with E-state index >= 15 is 0 Å². The summed E-state index contributed by atoms with van der Waals surface area (Å²) in [6.07, 6.45) is -2.72. The highest BCUT2D eigenvalue weighted by atomic mass is 19.4. The Kier molecular flexibility index (Phi) is 2.64. The maximum absolute atomic E-state index is 12.5. The van der Waals surface area contributed by atoms with Crippen molar-refractivity contribution in [2.75, 3.05) is 0 Å². The second-order valence-corrected chi connectivity index (χ2v) is 4.52. The third-order valence-corrected chi connectivity index (χ3v) is 3.17. The first kappa shape index (κ1) is 12.0. The van der Waals surface area contributed by atoms with Gasteiger partial charge in [0.25, 0.3) is 0 Å². The average Bonchev–Trinajstić information content (AvgIpc) is 2.98. The first-order valence-corrected chi connectivity index (χ1v) is 5.30. The average molecular weight is 243 g/mol. The van der Waals surface area contributed by atoms with Crippen LogP contribution in [0.4, 0.5) is 13.2 Å². The maximum atomic E-state index is 12.5. The Morgan fingerprint density at radius 2 is 2.00 bits per heavy atom. The van der Waals surface area contributed by atoms with Gasteiger partial charge in [-0.1, -0.05) is 18.2 Å². The largest absolute Gasteiger partial charge is 0.416 e. The van der Waals surface area contributed by atoms with Gasteiger partial charge < -0.3 is 5.73 Å². The number of carbonyl (C=O) groups is 1. The van der Waals surface area contributed by atoms with E-state index in [-0.39, 0.29) is 0 Å². The molecule has 2 rings (SSSR count). The van der Waals surface area contributed by atoms with Crippen molar-refractivity contribution in [3.63, 3.8) is 0 Å². The minimum absolute atomic E-state index is 0.298. The van der Waals surface area contributed by atoms with E-state index in [9.17, 15) is 18.0 Å². The Morgan fingerprint density at radius 3 is 2.47 bits per heavy atom. The van der Waals surface area contributed by atoms with Crippen molar-refractivity contribution in [2.45, 2.75) is 25.4 Å². The van der Waals surface area contributed by atoms with Crippen LogP contribution in [0.5, 0.6) is 0 Å². The highest BCUT2D eigenvalue weighted by Crippen LogP contribution is 2.48. The molecule has 92 valence electrons. The fourth-order valence-corrected chi connectivity index (χ4v) is 1.91. The first-order valence-electron chi connectivity index (χ1n) is 5.30. The molecule has 1 fully saturated rings. The Bertz CT molecular complexity index is 449. The summed E-state index contributed by atoms with van der Waals surface area (Å²) < 4.78 is 37.4. The first-order chi connectivity index (χ1) is 7.83. The van der Waals surface area contributed by atoms with Crippen molar-refractivity contribution in [1.29, 1.82) is 0 Å². The highest BCUT2D eigenvalue weighted by Gasteiger charge is 2.48. The van der Waals surface area contributed by atoms with Crippen LogP contribution in [0.25, 0.3) is 0 Å². The van der Waals surface area contributed by atoms with Gasteiger partial charge in [-0.2, -0.15) is 13.2 Å². The lowest BCUT2D eigenvalue weighted by Crippen LogP contribution is -2.26. The monoisotopic (exact) mass is 243 g/mol. The maximum Gasteiger partial charge on any atom is 0.416 e. The zero-order valence-corrected chi connectivity index (χ0v) is 9.05. The molecule has 2 nitrogen and oxygen atoms in total. The van der Waals surface area contributed by atoms with Crippen LogP contribution >= 0.6 is 0 Å². The highest BCUT2D eigenvalue weighted by molar-refractivity contribution is 5.83. The molecule has 1 aromatic rings. The summed E-state index contributed by atoms with van der Waals surface area (Å²) in [6.45, 7) is 0. The molecule has 5 heteroatoms. The third-order valence-electron chi connectivity index (χ3n) is 3.17.